The van der Waals surface area contributed by atoms with Crippen molar-refractivity contribution in [3.8, 4) is 0 Å². The molecule has 0 radical (unpaired) electrons. The molecule has 0 bridgehead atoms. The van der Waals surface area contributed by atoms with Crippen molar-refractivity contribution in [3.63, 3.8) is 0 Å². The van der Waals surface area contributed by atoms with Crippen LogP contribution < -0.4 is 5.73 Å². The smallest absolute Gasteiger partial charge is 0.153 e. The molecule has 0 aromatic carbocycles. The molecular weight excluding hydrogens is 175 g/mol. The number of nitrogens with two attached hydrogens (primary N) is 1. The zero-order valence-electron chi connectivity index (χ0n) is 5.74. The summed E-state index contributed by atoms with van der Waals surface area (Å²) in [5, 5.41) is 10.7. The van der Waals surface area contributed by atoms with Crippen molar-refractivity contribution in [2.75, 3.05) is 0 Å². The average Bonchev–Trinajstić information content (AvgIpc) is 1.86. The van der Waals surface area contributed by atoms with Crippen molar-refractivity contribution < 1.29 is 0 Å². The Bertz CT molecular complexity index is 163. The van der Waals surface area contributed by atoms with E-state index in [0.29, 0.717) is 5.84 Å². The second-order valence-corrected chi connectivity index (χ2v) is 2.23. The summed E-state index contributed by atoms with van der Waals surface area (Å²) in [6, 6.07) is 0. The molecule has 0 saturated heterocycles. The third-order valence-corrected chi connectivity index (χ3v) is 1.07. The minimum atomic E-state index is -0.361. The molecule has 10 heavy (non-hydrogen) atoms. The van der Waals surface area contributed by atoms with Crippen molar-refractivity contribution in [1.82, 2.24) is 0 Å². The lowest BCUT2D eigenvalue weighted by Crippen LogP contribution is -2.33. The Kier molecular flexibility index (Phi) is 4.60. The highest BCUT2D eigenvalue weighted by Gasteiger charge is 2.25. The molecule has 1 heterocycles. The van der Waals surface area contributed by atoms with E-state index in [2.05, 4.69) is 15.4 Å². The summed E-state index contributed by atoms with van der Waals surface area (Å²) in [7, 11) is 0. The molecule has 0 unspecified atom stereocenters. The Morgan fingerprint density at radius 3 is 1.90 bits per heavy atom. The van der Waals surface area contributed by atoms with Crippen molar-refractivity contribution in [3.05, 3.63) is 0 Å². The molecule has 0 spiro atoms. The predicted octanol–water partition coefficient (Wildman–Crippen LogP) is 1.35. The van der Waals surface area contributed by atoms with Gasteiger partial charge in [0, 0.05) is 0 Å². The lowest BCUT2D eigenvalue weighted by Gasteiger charge is -2.08. The molecular formula is C4H10Cl2N4. The Hall–Kier alpha value is -0.350. The summed E-state index contributed by atoms with van der Waals surface area (Å²) >= 11 is 0. The predicted molar refractivity (Wildman–Crippen MR) is 45.1 cm³/mol. The van der Waals surface area contributed by atoms with Gasteiger partial charge in [0.2, 0.25) is 0 Å². The van der Waals surface area contributed by atoms with E-state index in [-0.39, 0.29) is 30.4 Å². The van der Waals surface area contributed by atoms with Gasteiger partial charge in [-0.05, 0) is 19.1 Å². The highest BCUT2D eigenvalue weighted by Crippen LogP contribution is 2.14. The van der Waals surface area contributed by atoms with E-state index < -0.39 is 0 Å². The van der Waals surface area contributed by atoms with Gasteiger partial charge < -0.3 is 5.73 Å². The van der Waals surface area contributed by atoms with E-state index >= 15 is 0 Å². The molecule has 0 aromatic rings. The van der Waals surface area contributed by atoms with E-state index in [9.17, 15) is 0 Å². The maximum absolute atomic E-state index is 5.38. The molecule has 0 aromatic heterocycles. The summed E-state index contributed by atoms with van der Waals surface area (Å²) < 4.78 is 0. The van der Waals surface area contributed by atoms with Gasteiger partial charge in [-0.1, -0.05) is 0 Å². The Labute approximate surface area is 71.8 Å². The van der Waals surface area contributed by atoms with E-state index in [0.717, 1.165) is 0 Å². The fourth-order valence-electron chi connectivity index (χ4n) is 0.356. The lowest BCUT2D eigenvalue weighted by molar-refractivity contribution is 0.677. The van der Waals surface area contributed by atoms with Crippen LogP contribution in [-0.4, -0.2) is 11.4 Å². The van der Waals surface area contributed by atoms with E-state index in [1.165, 1.54) is 0 Å². The topological polar surface area (TPSA) is 63.1 Å². The van der Waals surface area contributed by atoms with Gasteiger partial charge in [-0.15, -0.1) is 29.9 Å². The highest BCUT2D eigenvalue weighted by atomic mass is 35.5. The van der Waals surface area contributed by atoms with Crippen LogP contribution >= 0.6 is 24.8 Å². The van der Waals surface area contributed by atoms with Crippen LogP contribution in [0.3, 0.4) is 0 Å². The Balaban J connectivity index is 0. The molecule has 0 atom stereocenters. The van der Waals surface area contributed by atoms with Crippen LogP contribution in [0.2, 0.25) is 0 Å². The number of hydrogen-bond acceptors (Lipinski definition) is 4. The van der Waals surface area contributed by atoms with E-state index in [1.54, 1.807) is 0 Å². The molecule has 1 aliphatic rings. The molecule has 1 aliphatic heterocycles. The SMILES string of the molecule is CC1(C)N=NN=C1N.Cl.Cl. The van der Waals surface area contributed by atoms with Crippen LogP contribution in [0.1, 0.15) is 13.8 Å². The van der Waals surface area contributed by atoms with Crippen molar-refractivity contribution in [1.29, 1.82) is 0 Å². The van der Waals surface area contributed by atoms with Crippen LogP contribution in [0, 0.1) is 0 Å². The summed E-state index contributed by atoms with van der Waals surface area (Å²) in [4.78, 5) is 0. The lowest BCUT2D eigenvalue weighted by atomic mass is 10.1. The molecule has 60 valence electrons. The van der Waals surface area contributed by atoms with Gasteiger partial charge in [0.15, 0.2) is 5.84 Å². The minimum Gasteiger partial charge on any atom is -0.383 e. The third kappa shape index (κ3) is 2.11. The fourth-order valence-corrected chi connectivity index (χ4v) is 0.356. The first kappa shape index (κ1) is 12.3. The largest absolute Gasteiger partial charge is 0.383 e. The summed E-state index contributed by atoms with van der Waals surface area (Å²) in [5.74, 6) is 0.484. The summed E-state index contributed by atoms with van der Waals surface area (Å²) in [5.41, 5.74) is 5.01. The molecule has 4 nitrogen and oxygen atoms in total. The number of rotatable bonds is 0. The van der Waals surface area contributed by atoms with Gasteiger partial charge in [-0.3, -0.25) is 0 Å². The normalized spacial score (nSPS) is 18.8. The van der Waals surface area contributed by atoms with Gasteiger partial charge in [0.1, 0.15) is 5.54 Å². The molecule has 2 N–H and O–H groups in total. The minimum absolute atomic E-state index is 0. The van der Waals surface area contributed by atoms with Crippen LogP contribution in [0.15, 0.2) is 15.4 Å². The van der Waals surface area contributed by atoms with E-state index in [4.69, 9.17) is 5.73 Å². The van der Waals surface area contributed by atoms with Crippen molar-refractivity contribution in [2.24, 2.45) is 21.2 Å². The molecule has 0 fully saturated rings. The van der Waals surface area contributed by atoms with Gasteiger partial charge >= 0.3 is 0 Å². The molecule has 0 saturated carbocycles. The molecule has 0 aliphatic carbocycles. The number of hydrogen-bond donors (Lipinski definition) is 1. The van der Waals surface area contributed by atoms with Gasteiger partial charge in [-0.2, -0.15) is 5.11 Å². The highest BCUT2D eigenvalue weighted by molar-refractivity contribution is 5.90. The molecule has 6 heteroatoms. The molecule has 1 rings (SSSR count). The quantitative estimate of drug-likeness (QED) is 0.608. The van der Waals surface area contributed by atoms with Gasteiger partial charge in [0.25, 0.3) is 0 Å². The first-order valence-electron chi connectivity index (χ1n) is 2.39. The Morgan fingerprint density at radius 1 is 1.30 bits per heavy atom. The maximum Gasteiger partial charge on any atom is 0.153 e. The van der Waals surface area contributed by atoms with Crippen LogP contribution in [0.25, 0.3) is 0 Å². The van der Waals surface area contributed by atoms with Crippen molar-refractivity contribution in [2.45, 2.75) is 19.4 Å². The zero-order valence-corrected chi connectivity index (χ0v) is 7.37. The maximum atomic E-state index is 5.38. The molecule has 0 amide bonds. The third-order valence-electron chi connectivity index (χ3n) is 1.07. The first-order chi connectivity index (χ1) is 3.63. The van der Waals surface area contributed by atoms with Crippen LogP contribution in [0.5, 0.6) is 0 Å². The second-order valence-electron chi connectivity index (χ2n) is 2.23. The second kappa shape index (κ2) is 3.73. The summed E-state index contributed by atoms with van der Waals surface area (Å²) in [6.45, 7) is 3.73. The number of nitrogens with zero attached hydrogens (tertiary/aromatic N) is 3. The first-order valence-corrected chi connectivity index (χ1v) is 2.39. The average molecular weight is 185 g/mol. The fraction of sp³-hybridized carbons (Fsp3) is 0.750. The van der Waals surface area contributed by atoms with Crippen LogP contribution in [0.4, 0.5) is 0 Å². The van der Waals surface area contributed by atoms with Crippen molar-refractivity contribution >= 4 is 30.6 Å². The number of amidine groups is 1. The summed E-state index contributed by atoms with van der Waals surface area (Å²) in [6.07, 6.45) is 0. The Morgan fingerprint density at radius 2 is 1.80 bits per heavy atom. The van der Waals surface area contributed by atoms with Crippen LogP contribution in [-0.2, 0) is 0 Å². The zero-order chi connectivity index (χ0) is 6.20. The van der Waals surface area contributed by atoms with E-state index in [1.807, 2.05) is 13.8 Å². The standard InChI is InChI=1S/C4H8N4.2ClH/c1-4(2)3(5)6-8-7-4;;/h1-2H3,(H2,5,6,7);2*1H. The monoisotopic (exact) mass is 184 g/mol. The van der Waals surface area contributed by atoms with Gasteiger partial charge in [0.05, 0.1) is 0 Å². The van der Waals surface area contributed by atoms with Gasteiger partial charge in [-0.25, -0.2) is 0 Å². The number of halogens is 2.